The van der Waals surface area contributed by atoms with Crippen molar-refractivity contribution >= 4 is 85.2 Å². The highest BCUT2D eigenvalue weighted by Gasteiger charge is 2.18. The lowest BCUT2D eigenvalue weighted by Gasteiger charge is -2.16. The van der Waals surface area contributed by atoms with E-state index in [0.29, 0.717) is 50.7 Å². The molecular formula is C30H28N2O16S4-4. The second-order valence-electron chi connectivity index (χ2n) is 11.6. The molecule has 18 nitrogen and oxygen atoms in total. The fourth-order valence-corrected chi connectivity index (χ4v) is 7.48. The average molecular weight is 801 g/mol. The lowest BCUT2D eigenvalue weighted by atomic mass is 10.1. The predicted octanol–water partition coefficient (Wildman–Crippen LogP) is 2.72. The molecule has 0 fully saturated rings. The minimum absolute atomic E-state index is 0.0762. The molecule has 0 aliphatic heterocycles. The zero-order chi connectivity index (χ0) is 38.8. The van der Waals surface area contributed by atoms with Crippen molar-refractivity contribution < 1.29 is 71.7 Å². The van der Waals surface area contributed by atoms with Crippen LogP contribution >= 0.6 is 0 Å². The second kappa shape index (κ2) is 15.3. The third-order valence-electron chi connectivity index (χ3n) is 7.71. The number of benzene rings is 4. The highest BCUT2D eigenvalue weighted by atomic mass is 32.2. The number of rotatable bonds is 15. The number of phenols is 2. The lowest BCUT2D eigenvalue weighted by Crippen LogP contribution is -2.13. The molecule has 0 atom stereocenters. The Kier molecular flexibility index (Phi) is 11.9. The van der Waals surface area contributed by atoms with Gasteiger partial charge in [-0.25, -0.2) is 33.7 Å². The van der Waals surface area contributed by atoms with Crippen LogP contribution in [0.5, 0.6) is 11.5 Å². The highest BCUT2D eigenvalue weighted by Crippen LogP contribution is 2.38. The number of aromatic hydroxyl groups is 2. The molecule has 52 heavy (non-hydrogen) atoms. The molecule has 0 bridgehead atoms. The van der Waals surface area contributed by atoms with Crippen molar-refractivity contribution in [1.82, 2.24) is 0 Å². The Balaban J connectivity index is 1.30. The van der Waals surface area contributed by atoms with Crippen LogP contribution in [0.4, 0.5) is 11.4 Å². The van der Waals surface area contributed by atoms with Gasteiger partial charge in [0.1, 0.15) is 52.0 Å². The smallest absolute Gasteiger partial charge is 0.224 e. The second-order valence-corrected chi connectivity index (χ2v) is 17.1. The van der Waals surface area contributed by atoms with Crippen molar-refractivity contribution in [3.63, 3.8) is 0 Å². The van der Waals surface area contributed by atoms with E-state index in [4.69, 9.17) is 0 Å². The molecule has 0 aliphatic carbocycles. The molecule has 0 spiro atoms. The van der Waals surface area contributed by atoms with Gasteiger partial charge in [-0.2, -0.15) is 0 Å². The van der Waals surface area contributed by atoms with Gasteiger partial charge in [-0.1, -0.05) is 25.7 Å². The maximum atomic E-state index is 12.6. The van der Waals surface area contributed by atoms with Crippen molar-refractivity contribution in [1.29, 1.82) is 0 Å². The summed E-state index contributed by atoms with van der Waals surface area (Å²) in [6.45, 7) is 0. The Morgan fingerprint density at radius 1 is 0.462 bits per heavy atom. The Labute approximate surface area is 297 Å². The van der Waals surface area contributed by atoms with Crippen LogP contribution in [0.15, 0.2) is 68.1 Å². The van der Waals surface area contributed by atoms with Crippen LogP contribution in [0, 0.1) is 0 Å². The van der Waals surface area contributed by atoms with E-state index in [1.807, 2.05) is 0 Å². The van der Waals surface area contributed by atoms with Crippen LogP contribution in [-0.4, -0.2) is 73.9 Å². The number of hydrogen-bond donors (Lipinski definition) is 4. The summed E-state index contributed by atoms with van der Waals surface area (Å²) in [5, 5.41) is 24.6. The van der Waals surface area contributed by atoms with Crippen LogP contribution in [0.2, 0.25) is 0 Å². The Morgan fingerprint density at radius 2 is 0.731 bits per heavy atom. The van der Waals surface area contributed by atoms with Gasteiger partial charge in [0.05, 0.1) is 31.0 Å². The molecule has 0 unspecified atom stereocenters. The van der Waals surface area contributed by atoms with Crippen LogP contribution < -0.4 is 10.6 Å². The fraction of sp³-hybridized carbons (Fsp3) is 0.267. The van der Waals surface area contributed by atoms with Gasteiger partial charge < -0.3 is 39.1 Å². The maximum Gasteiger partial charge on any atom is 0.224 e. The molecule has 0 aromatic heterocycles. The monoisotopic (exact) mass is 800 g/mol. The average Bonchev–Trinajstić information content (AvgIpc) is 2.99. The van der Waals surface area contributed by atoms with Crippen molar-refractivity contribution in [2.75, 3.05) is 10.6 Å². The van der Waals surface area contributed by atoms with Crippen molar-refractivity contribution in [3.05, 3.63) is 48.5 Å². The SMILES string of the molecule is O=C(CCCCCCCCC(=O)Nc1cc(S(=O)(=O)[O-])cc2cc(S(=O)(=O)[O-])cc(O)c12)Nc1cc(S(=O)(=O)[O-])cc2cc(S(=O)(=O)[O-])cc(O)c12. The summed E-state index contributed by atoms with van der Waals surface area (Å²) >= 11 is 0. The summed E-state index contributed by atoms with van der Waals surface area (Å²) in [5.74, 6) is -2.77. The molecule has 4 aromatic carbocycles. The van der Waals surface area contributed by atoms with Gasteiger partial charge >= 0.3 is 0 Å². The molecule has 0 saturated carbocycles. The minimum Gasteiger partial charge on any atom is -0.744 e. The summed E-state index contributed by atoms with van der Waals surface area (Å²) in [6, 6.07) is 5.91. The van der Waals surface area contributed by atoms with Crippen molar-refractivity contribution in [2.24, 2.45) is 0 Å². The largest absolute Gasteiger partial charge is 0.744 e. The number of anilines is 2. The number of fused-ring (bicyclic) bond motifs is 2. The Bertz CT molecular complexity index is 2350. The van der Waals surface area contributed by atoms with Gasteiger partial charge in [0.25, 0.3) is 0 Å². The first-order chi connectivity index (χ1) is 23.9. The number of carbonyl (C=O) groups excluding carboxylic acids is 2. The first-order valence-electron chi connectivity index (χ1n) is 15.0. The molecule has 282 valence electrons. The molecule has 4 N–H and O–H groups in total. The molecule has 22 heteroatoms. The van der Waals surface area contributed by atoms with E-state index in [2.05, 4.69) is 10.6 Å². The molecule has 4 rings (SSSR count). The van der Waals surface area contributed by atoms with Crippen LogP contribution in [-0.2, 0) is 50.1 Å². The minimum atomic E-state index is -5.10. The number of amides is 2. The van der Waals surface area contributed by atoms with Gasteiger partial charge in [0.2, 0.25) is 11.8 Å². The molecule has 0 aliphatic rings. The standard InChI is InChI=1S/C30H32N2O16S4/c33-25-15-21(51(43,44)45)11-17-9-19(49(37,38)39)13-23(29(17)25)31-27(35)7-5-3-1-2-4-6-8-28(36)32-24-14-20(50(40,41)42)10-18-12-22(52(46,47)48)16-26(34)30(18)24/h9-16,33-34H,1-8H2,(H,31,35)(H,32,36)(H,37,38,39)(H,40,41,42)(H,43,44,45)(H,46,47,48)/p-4. The van der Waals surface area contributed by atoms with Gasteiger partial charge in [-0.15, -0.1) is 0 Å². The van der Waals surface area contributed by atoms with Gasteiger partial charge in [-0.05, 0) is 72.1 Å². The van der Waals surface area contributed by atoms with E-state index >= 15 is 0 Å². The zero-order valence-electron chi connectivity index (χ0n) is 26.5. The van der Waals surface area contributed by atoms with Crippen LogP contribution in [0.1, 0.15) is 51.4 Å². The van der Waals surface area contributed by atoms with Gasteiger partial charge in [0, 0.05) is 23.6 Å². The van der Waals surface area contributed by atoms with E-state index in [0.717, 1.165) is 36.4 Å². The third-order valence-corrected chi connectivity index (χ3v) is 11.0. The number of unbranched alkanes of at least 4 members (excludes halogenated alkanes) is 5. The van der Waals surface area contributed by atoms with Crippen molar-refractivity contribution in [2.45, 2.75) is 70.9 Å². The molecule has 2 amide bonds. The molecular weight excluding hydrogens is 773 g/mol. The number of carbonyl (C=O) groups is 2. The number of phenolic OH excluding ortho intramolecular Hbond substituents is 2. The first-order valence-corrected chi connectivity index (χ1v) is 20.6. The van der Waals surface area contributed by atoms with Crippen molar-refractivity contribution in [3.8, 4) is 11.5 Å². The normalized spacial score (nSPS) is 12.6. The number of hydrogen-bond acceptors (Lipinski definition) is 16. The van der Waals surface area contributed by atoms with E-state index in [1.54, 1.807) is 0 Å². The first kappa shape index (κ1) is 40.4. The number of nitrogens with one attached hydrogen (secondary N) is 2. The summed E-state index contributed by atoms with van der Waals surface area (Å²) in [4.78, 5) is 21.8. The topological polar surface area (TPSA) is 327 Å². The Morgan fingerprint density at radius 3 is 1.02 bits per heavy atom. The Hall–Kier alpha value is -4.42. The molecule has 4 aromatic rings. The third kappa shape index (κ3) is 10.1. The van der Waals surface area contributed by atoms with E-state index < -0.39 is 83.4 Å². The summed E-state index contributed by atoms with van der Waals surface area (Å²) in [6.07, 6.45) is 2.84. The highest BCUT2D eigenvalue weighted by molar-refractivity contribution is 7.86. The molecule has 0 radical (unpaired) electrons. The molecule has 0 heterocycles. The van der Waals surface area contributed by atoms with Crippen LogP contribution in [0.3, 0.4) is 0 Å². The quantitative estimate of drug-likeness (QED) is 0.0991. The maximum absolute atomic E-state index is 12.6. The summed E-state index contributed by atoms with van der Waals surface area (Å²) in [7, 11) is -20.3. The van der Waals surface area contributed by atoms with E-state index in [-0.39, 0.29) is 45.8 Å². The van der Waals surface area contributed by atoms with Crippen LogP contribution in [0.25, 0.3) is 21.5 Å². The zero-order valence-corrected chi connectivity index (χ0v) is 29.8. The fourth-order valence-electron chi connectivity index (χ4n) is 5.36. The molecule has 0 saturated heterocycles. The van der Waals surface area contributed by atoms with Gasteiger partial charge in [-0.3, -0.25) is 9.59 Å². The summed E-state index contributed by atoms with van der Waals surface area (Å²) < 4.78 is 139. The summed E-state index contributed by atoms with van der Waals surface area (Å²) in [5.41, 5.74) is -0.598. The van der Waals surface area contributed by atoms with Gasteiger partial charge in [0.15, 0.2) is 0 Å². The van der Waals surface area contributed by atoms with E-state index in [9.17, 15) is 71.7 Å². The van der Waals surface area contributed by atoms with E-state index in [1.165, 1.54) is 0 Å². The lowest BCUT2D eigenvalue weighted by molar-refractivity contribution is -0.117. The predicted molar refractivity (Wildman–Crippen MR) is 177 cm³/mol.